The molecule has 0 aliphatic heterocycles. The fourth-order valence-electron chi connectivity index (χ4n) is 2.59. The van der Waals surface area contributed by atoms with Crippen LogP contribution in [0.15, 0.2) is 42.6 Å². The number of esters is 2. The number of carbonyl (C=O) groups is 2. The topological polar surface area (TPSA) is 108 Å². The minimum absolute atomic E-state index is 0.0511. The molecule has 0 aliphatic carbocycles. The number of halogens is 1. The Hall–Kier alpha value is -3.75. The zero-order valence-electron chi connectivity index (χ0n) is 16.3. The van der Waals surface area contributed by atoms with Crippen molar-refractivity contribution in [3.05, 3.63) is 48.4 Å². The first kappa shape index (κ1) is 21.0. The average Bonchev–Trinajstić information content (AvgIpc) is 2.73. The maximum atomic E-state index is 13.3. The SMILES string of the molecule is CCOC(=O)COC(=O)C(C)Oc1ccc(-c2cnc3cc(F)ccc3n2)cc1O. The van der Waals surface area contributed by atoms with Crippen LogP contribution in [0.4, 0.5) is 4.39 Å². The minimum atomic E-state index is -1.06. The first-order chi connectivity index (χ1) is 14.4. The molecule has 1 heterocycles. The van der Waals surface area contributed by atoms with Gasteiger partial charge in [0.2, 0.25) is 0 Å². The Bertz CT molecular complexity index is 1090. The molecule has 1 unspecified atom stereocenters. The first-order valence-electron chi connectivity index (χ1n) is 9.12. The lowest BCUT2D eigenvalue weighted by Crippen LogP contribution is -2.28. The van der Waals surface area contributed by atoms with Crippen molar-refractivity contribution in [2.75, 3.05) is 13.2 Å². The molecule has 156 valence electrons. The van der Waals surface area contributed by atoms with Crippen molar-refractivity contribution in [2.45, 2.75) is 20.0 Å². The van der Waals surface area contributed by atoms with E-state index in [-0.39, 0.29) is 18.1 Å². The smallest absolute Gasteiger partial charge is 0.347 e. The summed E-state index contributed by atoms with van der Waals surface area (Å²) in [6.45, 7) is 2.73. The van der Waals surface area contributed by atoms with Crippen molar-refractivity contribution in [2.24, 2.45) is 0 Å². The van der Waals surface area contributed by atoms with Crippen molar-refractivity contribution in [1.82, 2.24) is 9.97 Å². The van der Waals surface area contributed by atoms with Gasteiger partial charge < -0.3 is 19.3 Å². The van der Waals surface area contributed by atoms with E-state index >= 15 is 0 Å². The van der Waals surface area contributed by atoms with E-state index in [1.54, 1.807) is 13.0 Å². The maximum Gasteiger partial charge on any atom is 0.347 e. The molecule has 2 aromatic carbocycles. The molecular formula is C21H19FN2O6. The molecule has 0 radical (unpaired) electrons. The van der Waals surface area contributed by atoms with Crippen LogP contribution >= 0.6 is 0 Å². The number of aromatic hydroxyl groups is 1. The van der Waals surface area contributed by atoms with E-state index in [1.165, 1.54) is 43.5 Å². The van der Waals surface area contributed by atoms with Crippen LogP contribution in [0.1, 0.15) is 13.8 Å². The molecule has 1 atom stereocenters. The summed E-state index contributed by atoms with van der Waals surface area (Å²) in [5, 5.41) is 10.3. The molecule has 1 N–H and O–H groups in total. The number of hydrogen-bond donors (Lipinski definition) is 1. The Kier molecular flexibility index (Phi) is 6.41. The predicted molar refractivity (Wildman–Crippen MR) is 104 cm³/mol. The molecule has 0 amide bonds. The van der Waals surface area contributed by atoms with Crippen LogP contribution in [0.3, 0.4) is 0 Å². The fourth-order valence-corrected chi connectivity index (χ4v) is 2.59. The molecule has 0 fully saturated rings. The fraction of sp³-hybridized carbons (Fsp3) is 0.238. The highest BCUT2D eigenvalue weighted by Crippen LogP contribution is 2.32. The van der Waals surface area contributed by atoms with Crippen LogP contribution in [0, 0.1) is 5.82 Å². The summed E-state index contributed by atoms with van der Waals surface area (Å²) in [6.07, 6.45) is 0.401. The Balaban J connectivity index is 1.70. The molecule has 8 nitrogen and oxygen atoms in total. The third-order valence-electron chi connectivity index (χ3n) is 4.03. The van der Waals surface area contributed by atoms with Gasteiger partial charge in [-0.3, -0.25) is 4.98 Å². The van der Waals surface area contributed by atoms with E-state index in [4.69, 9.17) is 9.47 Å². The monoisotopic (exact) mass is 414 g/mol. The van der Waals surface area contributed by atoms with Gasteiger partial charge in [-0.15, -0.1) is 0 Å². The Morgan fingerprint density at radius 2 is 1.93 bits per heavy atom. The Labute approximate surface area is 171 Å². The molecule has 0 spiro atoms. The van der Waals surface area contributed by atoms with Crippen LogP contribution < -0.4 is 4.74 Å². The number of carbonyl (C=O) groups excluding carboxylic acids is 2. The van der Waals surface area contributed by atoms with Crippen molar-refractivity contribution in [3.63, 3.8) is 0 Å². The molecule has 0 aliphatic rings. The Morgan fingerprint density at radius 3 is 2.67 bits per heavy atom. The third kappa shape index (κ3) is 4.99. The molecule has 9 heteroatoms. The van der Waals surface area contributed by atoms with Gasteiger partial charge in [-0.05, 0) is 44.2 Å². The van der Waals surface area contributed by atoms with Gasteiger partial charge in [0.05, 0.1) is 29.5 Å². The van der Waals surface area contributed by atoms with Crippen LogP contribution in [-0.2, 0) is 19.1 Å². The van der Waals surface area contributed by atoms with E-state index in [9.17, 15) is 19.1 Å². The molecular weight excluding hydrogens is 395 g/mol. The maximum absolute atomic E-state index is 13.3. The lowest BCUT2D eigenvalue weighted by Gasteiger charge is -2.15. The van der Waals surface area contributed by atoms with Gasteiger partial charge in [0.1, 0.15) is 5.82 Å². The quantitative estimate of drug-likeness (QED) is 0.588. The third-order valence-corrected chi connectivity index (χ3v) is 4.03. The summed E-state index contributed by atoms with van der Waals surface area (Å²) in [6, 6.07) is 8.59. The average molecular weight is 414 g/mol. The van der Waals surface area contributed by atoms with Crippen LogP contribution in [-0.4, -0.2) is 46.3 Å². The second-order valence-corrected chi connectivity index (χ2v) is 6.24. The van der Waals surface area contributed by atoms with Crippen molar-refractivity contribution in [3.8, 4) is 22.8 Å². The van der Waals surface area contributed by atoms with Gasteiger partial charge in [-0.2, -0.15) is 0 Å². The molecule has 0 bridgehead atoms. The van der Waals surface area contributed by atoms with Crippen LogP contribution in [0.2, 0.25) is 0 Å². The highest BCUT2D eigenvalue weighted by atomic mass is 19.1. The van der Waals surface area contributed by atoms with Gasteiger partial charge in [0, 0.05) is 11.6 Å². The molecule has 0 saturated carbocycles. The second kappa shape index (κ2) is 9.17. The van der Waals surface area contributed by atoms with Gasteiger partial charge in [-0.1, -0.05) is 0 Å². The van der Waals surface area contributed by atoms with E-state index in [2.05, 4.69) is 14.7 Å². The van der Waals surface area contributed by atoms with Gasteiger partial charge in [0.25, 0.3) is 0 Å². The summed E-state index contributed by atoms with van der Waals surface area (Å²) in [7, 11) is 0. The van der Waals surface area contributed by atoms with Crippen LogP contribution in [0.25, 0.3) is 22.3 Å². The number of hydrogen-bond acceptors (Lipinski definition) is 8. The summed E-state index contributed by atoms with van der Waals surface area (Å²) >= 11 is 0. The predicted octanol–water partition coefficient (Wildman–Crippen LogP) is 3.02. The van der Waals surface area contributed by atoms with Gasteiger partial charge >= 0.3 is 11.9 Å². The van der Waals surface area contributed by atoms with Crippen molar-refractivity contribution < 1.29 is 33.3 Å². The number of benzene rings is 2. The summed E-state index contributed by atoms with van der Waals surface area (Å²) in [5.74, 6) is -2.02. The lowest BCUT2D eigenvalue weighted by atomic mass is 10.1. The van der Waals surface area contributed by atoms with Gasteiger partial charge in [-0.25, -0.2) is 19.0 Å². The number of ether oxygens (including phenoxy) is 3. The highest BCUT2D eigenvalue weighted by molar-refractivity contribution is 5.79. The van der Waals surface area contributed by atoms with Crippen LogP contribution in [0.5, 0.6) is 11.5 Å². The number of nitrogens with zero attached hydrogens (tertiary/aromatic N) is 2. The van der Waals surface area contributed by atoms with Crippen molar-refractivity contribution >= 4 is 23.0 Å². The normalized spacial score (nSPS) is 11.7. The minimum Gasteiger partial charge on any atom is -0.504 e. The number of phenolic OH excluding ortho intramolecular Hbond substituents is 1. The lowest BCUT2D eigenvalue weighted by molar-refractivity contribution is -0.162. The highest BCUT2D eigenvalue weighted by Gasteiger charge is 2.20. The van der Waals surface area contributed by atoms with E-state index in [0.717, 1.165) is 0 Å². The zero-order chi connectivity index (χ0) is 21.7. The largest absolute Gasteiger partial charge is 0.504 e. The number of fused-ring (bicyclic) bond motifs is 1. The molecule has 1 aromatic heterocycles. The van der Waals surface area contributed by atoms with E-state index in [0.29, 0.717) is 22.3 Å². The van der Waals surface area contributed by atoms with Gasteiger partial charge in [0.15, 0.2) is 24.2 Å². The number of rotatable bonds is 7. The molecule has 30 heavy (non-hydrogen) atoms. The first-order valence-corrected chi connectivity index (χ1v) is 9.12. The summed E-state index contributed by atoms with van der Waals surface area (Å²) < 4.78 is 28.2. The molecule has 3 rings (SSSR count). The summed E-state index contributed by atoms with van der Waals surface area (Å²) in [5.41, 5.74) is 1.94. The standard InChI is InChI=1S/C21H19FN2O6/c1-3-28-20(26)11-29-21(27)12(2)30-19-7-4-13(8-18(19)25)17-10-23-16-9-14(22)5-6-15(16)24-17/h4-10,12,25H,3,11H2,1-2H3. The summed E-state index contributed by atoms with van der Waals surface area (Å²) in [4.78, 5) is 31.7. The second-order valence-electron chi connectivity index (χ2n) is 6.24. The molecule has 3 aromatic rings. The Morgan fingerprint density at radius 1 is 1.13 bits per heavy atom. The molecule has 0 saturated heterocycles. The van der Waals surface area contributed by atoms with Crippen molar-refractivity contribution in [1.29, 1.82) is 0 Å². The van der Waals surface area contributed by atoms with E-state index in [1.807, 2.05) is 0 Å². The number of phenols is 1. The van der Waals surface area contributed by atoms with E-state index < -0.39 is 30.5 Å². The number of aromatic nitrogens is 2. The zero-order valence-corrected chi connectivity index (χ0v) is 16.3.